The van der Waals surface area contributed by atoms with Crippen LogP contribution in [0.3, 0.4) is 0 Å². The summed E-state index contributed by atoms with van der Waals surface area (Å²) < 4.78 is 25.1. The van der Waals surface area contributed by atoms with Crippen molar-refractivity contribution in [1.82, 2.24) is 4.72 Å². The van der Waals surface area contributed by atoms with Gasteiger partial charge in [0.1, 0.15) is 0 Å². The molecule has 86 valence electrons. The summed E-state index contributed by atoms with van der Waals surface area (Å²) in [4.78, 5) is 11.6. The second kappa shape index (κ2) is 3.18. The predicted molar refractivity (Wildman–Crippen MR) is 55.4 cm³/mol. The van der Waals surface area contributed by atoms with Gasteiger partial charge < -0.3 is 5.73 Å². The summed E-state index contributed by atoms with van der Waals surface area (Å²) in [6.45, 7) is 1.95. The monoisotopic (exact) mass is 232 g/mol. The Balaban J connectivity index is 1.99. The minimum atomic E-state index is -3.44. The van der Waals surface area contributed by atoms with E-state index in [1.54, 1.807) is 0 Å². The second-order valence-corrected chi connectivity index (χ2v) is 6.49. The molecule has 1 unspecified atom stereocenters. The van der Waals surface area contributed by atoms with Gasteiger partial charge in [-0.1, -0.05) is 13.3 Å². The zero-order valence-electron chi connectivity index (χ0n) is 8.69. The molecule has 0 bridgehead atoms. The van der Waals surface area contributed by atoms with Gasteiger partial charge in [0.2, 0.25) is 10.0 Å². The number of sulfonamides is 1. The topological polar surface area (TPSA) is 89.3 Å². The maximum atomic E-state index is 11.6. The highest BCUT2D eigenvalue weighted by Crippen LogP contribution is 2.43. The van der Waals surface area contributed by atoms with Crippen molar-refractivity contribution in [3.05, 3.63) is 0 Å². The number of hydrogen-bond donors (Lipinski definition) is 2. The van der Waals surface area contributed by atoms with Crippen molar-refractivity contribution in [2.24, 2.45) is 11.7 Å². The van der Waals surface area contributed by atoms with Crippen LogP contribution in [0.2, 0.25) is 0 Å². The quantitative estimate of drug-likeness (QED) is 0.697. The summed E-state index contributed by atoms with van der Waals surface area (Å²) in [6, 6.07) is 0. The first-order valence-electron chi connectivity index (χ1n) is 5.25. The Bertz CT molecular complexity index is 388. The number of amides is 1. The summed E-state index contributed by atoms with van der Waals surface area (Å²) in [7, 11) is -3.44. The van der Waals surface area contributed by atoms with E-state index in [1.165, 1.54) is 0 Å². The SMILES string of the molecule is CCC1C[C@]1(N)C(=O)NS(=O)(=O)C1CC1. The van der Waals surface area contributed by atoms with Gasteiger partial charge in [0.05, 0.1) is 10.8 Å². The Labute approximate surface area is 89.5 Å². The Morgan fingerprint density at radius 1 is 1.53 bits per heavy atom. The minimum Gasteiger partial charge on any atom is -0.317 e. The number of nitrogens with two attached hydrogens (primary N) is 1. The van der Waals surface area contributed by atoms with Crippen LogP contribution in [0.15, 0.2) is 0 Å². The first-order chi connectivity index (χ1) is 6.90. The average Bonchev–Trinajstić information content (AvgIpc) is 2.97. The minimum absolute atomic E-state index is 0.131. The van der Waals surface area contributed by atoms with E-state index < -0.39 is 21.5 Å². The molecule has 0 aromatic rings. The van der Waals surface area contributed by atoms with Crippen LogP contribution in [0.5, 0.6) is 0 Å². The van der Waals surface area contributed by atoms with Crippen molar-refractivity contribution in [2.75, 3.05) is 0 Å². The average molecular weight is 232 g/mol. The lowest BCUT2D eigenvalue weighted by Crippen LogP contribution is -2.47. The van der Waals surface area contributed by atoms with Gasteiger partial charge in [0, 0.05) is 0 Å². The summed E-state index contributed by atoms with van der Waals surface area (Å²) in [5.74, 6) is -0.395. The molecule has 0 spiro atoms. The van der Waals surface area contributed by atoms with Gasteiger partial charge in [0.15, 0.2) is 0 Å². The van der Waals surface area contributed by atoms with E-state index in [2.05, 4.69) is 4.72 Å². The lowest BCUT2D eigenvalue weighted by molar-refractivity contribution is -0.121. The molecule has 2 aliphatic carbocycles. The zero-order chi connectivity index (χ0) is 11.3. The predicted octanol–water partition coefficient (Wildman–Crippen LogP) is -0.278. The van der Waals surface area contributed by atoms with Gasteiger partial charge in [0.25, 0.3) is 5.91 Å². The van der Waals surface area contributed by atoms with Crippen LogP contribution >= 0.6 is 0 Å². The zero-order valence-corrected chi connectivity index (χ0v) is 9.51. The van der Waals surface area contributed by atoms with Gasteiger partial charge >= 0.3 is 0 Å². The fourth-order valence-electron chi connectivity index (χ4n) is 1.82. The molecule has 0 aromatic heterocycles. The molecule has 0 saturated heterocycles. The van der Waals surface area contributed by atoms with E-state index in [0.29, 0.717) is 19.3 Å². The molecule has 5 nitrogen and oxygen atoms in total. The standard InChI is InChI=1S/C9H16N2O3S/c1-2-6-5-9(6,10)8(12)11-15(13,14)7-3-4-7/h6-7H,2-5,10H2,1H3,(H,11,12)/t6?,9-/m1/s1. The lowest BCUT2D eigenvalue weighted by atomic mass is 10.2. The number of nitrogens with one attached hydrogen (secondary N) is 1. The molecule has 0 heterocycles. The Morgan fingerprint density at radius 3 is 2.53 bits per heavy atom. The highest BCUT2D eigenvalue weighted by Gasteiger charge is 2.57. The molecule has 2 rings (SSSR count). The third-order valence-corrected chi connectivity index (χ3v) is 5.09. The summed E-state index contributed by atoms with van der Waals surface area (Å²) in [6.07, 6.45) is 2.71. The van der Waals surface area contributed by atoms with E-state index in [9.17, 15) is 13.2 Å². The normalized spacial score (nSPS) is 34.9. The maximum absolute atomic E-state index is 11.6. The van der Waals surface area contributed by atoms with Crippen molar-refractivity contribution < 1.29 is 13.2 Å². The Kier molecular flexibility index (Phi) is 2.31. The molecule has 3 N–H and O–H groups in total. The largest absolute Gasteiger partial charge is 0.317 e. The van der Waals surface area contributed by atoms with E-state index >= 15 is 0 Å². The molecule has 2 saturated carbocycles. The molecule has 1 amide bonds. The third-order valence-electron chi connectivity index (χ3n) is 3.27. The van der Waals surface area contributed by atoms with Crippen molar-refractivity contribution in [3.63, 3.8) is 0 Å². The van der Waals surface area contributed by atoms with Crippen LogP contribution in [-0.2, 0) is 14.8 Å². The van der Waals surface area contributed by atoms with Crippen molar-refractivity contribution in [3.8, 4) is 0 Å². The van der Waals surface area contributed by atoms with E-state index in [0.717, 1.165) is 6.42 Å². The highest BCUT2D eigenvalue weighted by atomic mass is 32.2. The van der Waals surface area contributed by atoms with Gasteiger partial charge in [-0.05, 0) is 25.2 Å². The molecular weight excluding hydrogens is 216 g/mol. The van der Waals surface area contributed by atoms with Crippen LogP contribution in [0, 0.1) is 5.92 Å². The molecule has 15 heavy (non-hydrogen) atoms. The van der Waals surface area contributed by atoms with E-state index in [4.69, 9.17) is 5.73 Å². The van der Waals surface area contributed by atoms with Crippen molar-refractivity contribution in [1.29, 1.82) is 0 Å². The molecule has 2 atom stereocenters. The molecule has 6 heteroatoms. The van der Waals surface area contributed by atoms with Crippen LogP contribution < -0.4 is 10.5 Å². The van der Waals surface area contributed by atoms with Gasteiger partial charge in [-0.25, -0.2) is 8.42 Å². The van der Waals surface area contributed by atoms with E-state index in [-0.39, 0.29) is 11.2 Å². The highest BCUT2D eigenvalue weighted by molar-refractivity contribution is 7.90. The summed E-state index contributed by atoms with van der Waals surface area (Å²) in [5, 5.41) is -0.371. The van der Waals surface area contributed by atoms with Crippen LogP contribution in [0.25, 0.3) is 0 Å². The third kappa shape index (κ3) is 1.88. The molecule has 2 fully saturated rings. The van der Waals surface area contributed by atoms with Crippen LogP contribution in [-0.4, -0.2) is 25.1 Å². The number of carbonyl (C=O) groups is 1. The number of carbonyl (C=O) groups excluding carboxylic acids is 1. The Morgan fingerprint density at radius 2 is 2.13 bits per heavy atom. The molecule has 0 radical (unpaired) electrons. The van der Waals surface area contributed by atoms with Crippen molar-refractivity contribution in [2.45, 2.75) is 43.4 Å². The summed E-state index contributed by atoms with van der Waals surface area (Å²) >= 11 is 0. The van der Waals surface area contributed by atoms with E-state index in [1.807, 2.05) is 6.92 Å². The molecule has 0 aromatic carbocycles. The van der Waals surface area contributed by atoms with Gasteiger partial charge in [-0.15, -0.1) is 0 Å². The van der Waals surface area contributed by atoms with Crippen LogP contribution in [0.4, 0.5) is 0 Å². The number of rotatable bonds is 4. The van der Waals surface area contributed by atoms with Crippen LogP contribution in [0.1, 0.15) is 32.6 Å². The first-order valence-corrected chi connectivity index (χ1v) is 6.79. The maximum Gasteiger partial charge on any atom is 0.253 e. The van der Waals surface area contributed by atoms with Gasteiger partial charge in [-0.2, -0.15) is 0 Å². The number of hydrogen-bond acceptors (Lipinski definition) is 4. The summed E-state index contributed by atoms with van der Waals surface area (Å²) in [5.41, 5.74) is 4.86. The fourth-order valence-corrected chi connectivity index (χ4v) is 3.19. The second-order valence-electron chi connectivity index (χ2n) is 4.53. The fraction of sp³-hybridized carbons (Fsp3) is 0.889. The van der Waals surface area contributed by atoms with Crippen molar-refractivity contribution >= 4 is 15.9 Å². The molecule has 2 aliphatic rings. The molecular formula is C9H16N2O3S. The lowest BCUT2D eigenvalue weighted by Gasteiger charge is -2.11. The molecule has 0 aliphatic heterocycles. The smallest absolute Gasteiger partial charge is 0.253 e. The van der Waals surface area contributed by atoms with Gasteiger partial charge in [-0.3, -0.25) is 9.52 Å². The first kappa shape index (κ1) is 10.9. The Hall–Kier alpha value is -0.620.